The van der Waals surface area contributed by atoms with Gasteiger partial charge in [-0.3, -0.25) is 0 Å². The van der Waals surface area contributed by atoms with Gasteiger partial charge in [-0.1, -0.05) is 0 Å². The Labute approximate surface area is 76.5 Å². The van der Waals surface area contributed by atoms with Crippen molar-refractivity contribution in [3.63, 3.8) is 0 Å². The van der Waals surface area contributed by atoms with Gasteiger partial charge in [-0.05, 0) is 18.8 Å². The normalized spacial score (nSPS) is 59.5. The Balaban J connectivity index is 1.97. The molecule has 0 aromatic carbocycles. The molecule has 0 bridgehead atoms. The topological polar surface area (TPSA) is 58.9 Å². The van der Waals surface area contributed by atoms with Crippen molar-refractivity contribution in [3.8, 4) is 0 Å². The smallest absolute Gasteiger partial charge is 0.163 e. The van der Waals surface area contributed by atoms with Gasteiger partial charge in [0.2, 0.25) is 0 Å². The molecule has 0 radical (unpaired) electrons. The average Bonchev–Trinajstić information content (AvgIpc) is 2.57. The maximum Gasteiger partial charge on any atom is 0.163 e. The molecular formula is C9H14O4. The van der Waals surface area contributed by atoms with E-state index < -0.39 is 11.7 Å². The zero-order valence-corrected chi connectivity index (χ0v) is 7.35. The van der Waals surface area contributed by atoms with E-state index in [9.17, 15) is 10.2 Å². The Hall–Kier alpha value is -0.160. The van der Waals surface area contributed by atoms with Crippen LogP contribution >= 0.6 is 0 Å². The van der Waals surface area contributed by atoms with E-state index in [2.05, 4.69) is 0 Å². The minimum absolute atomic E-state index is 0.00347. The number of aliphatic hydroxyl groups is 2. The monoisotopic (exact) mass is 186 g/mol. The Morgan fingerprint density at radius 2 is 2.15 bits per heavy atom. The molecule has 2 unspecified atom stereocenters. The molecule has 2 heterocycles. The molecule has 5 atom stereocenters. The maximum absolute atomic E-state index is 10.2. The zero-order valence-electron chi connectivity index (χ0n) is 7.35. The van der Waals surface area contributed by atoms with E-state index in [1.54, 1.807) is 0 Å². The summed E-state index contributed by atoms with van der Waals surface area (Å²) in [5.41, 5.74) is -1.03. The van der Waals surface area contributed by atoms with Crippen LogP contribution < -0.4 is 0 Å². The maximum atomic E-state index is 10.2. The Morgan fingerprint density at radius 3 is 3.00 bits per heavy atom. The van der Waals surface area contributed by atoms with Gasteiger partial charge in [0.1, 0.15) is 5.60 Å². The molecule has 3 fully saturated rings. The molecule has 13 heavy (non-hydrogen) atoms. The second-order valence-corrected chi connectivity index (χ2v) is 4.37. The van der Waals surface area contributed by atoms with E-state index in [-0.39, 0.29) is 18.8 Å². The van der Waals surface area contributed by atoms with Crippen LogP contribution in [0, 0.1) is 11.8 Å². The third-order valence-electron chi connectivity index (χ3n) is 3.73. The van der Waals surface area contributed by atoms with Crippen molar-refractivity contribution in [1.82, 2.24) is 0 Å². The van der Waals surface area contributed by atoms with Gasteiger partial charge in [0, 0.05) is 5.92 Å². The molecule has 0 amide bonds. The second-order valence-electron chi connectivity index (χ2n) is 4.37. The quantitative estimate of drug-likeness (QED) is 0.535. The molecule has 0 spiro atoms. The first-order valence-electron chi connectivity index (χ1n) is 4.85. The highest BCUT2D eigenvalue weighted by molar-refractivity contribution is 5.08. The summed E-state index contributed by atoms with van der Waals surface area (Å²) in [7, 11) is 0. The molecule has 1 aliphatic carbocycles. The standard InChI is InChI=1S/C9H14O4/c10-6-3-5-1-2-12-8-7(5)9(6,11)4-13-8/h5-8,10-11H,1-4H2/t5-,6?,7+,8?,9-/m0/s1. The summed E-state index contributed by atoms with van der Waals surface area (Å²) in [5, 5.41) is 19.9. The Morgan fingerprint density at radius 1 is 1.31 bits per heavy atom. The highest BCUT2D eigenvalue weighted by atomic mass is 16.7. The van der Waals surface area contributed by atoms with Crippen molar-refractivity contribution in [1.29, 1.82) is 0 Å². The lowest BCUT2D eigenvalue weighted by molar-refractivity contribution is -0.166. The summed E-state index contributed by atoms with van der Waals surface area (Å²) in [6, 6.07) is 0. The molecule has 2 N–H and O–H groups in total. The molecule has 2 aliphatic heterocycles. The molecule has 3 aliphatic rings. The van der Waals surface area contributed by atoms with Gasteiger partial charge in [-0.25, -0.2) is 0 Å². The lowest BCUT2D eigenvalue weighted by atomic mass is 9.84. The van der Waals surface area contributed by atoms with Crippen LogP contribution in [0.2, 0.25) is 0 Å². The zero-order chi connectivity index (χ0) is 9.05. The van der Waals surface area contributed by atoms with Crippen LogP contribution in [0.25, 0.3) is 0 Å². The van der Waals surface area contributed by atoms with Gasteiger partial charge in [0.25, 0.3) is 0 Å². The number of hydrogen-bond donors (Lipinski definition) is 2. The van der Waals surface area contributed by atoms with Crippen molar-refractivity contribution in [2.75, 3.05) is 13.2 Å². The highest BCUT2D eigenvalue weighted by Crippen LogP contribution is 2.51. The van der Waals surface area contributed by atoms with Gasteiger partial charge in [-0.2, -0.15) is 0 Å². The third-order valence-corrected chi connectivity index (χ3v) is 3.73. The first-order valence-corrected chi connectivity index (χ1v) is 4.85. The van der Waals surface area contributed by atoms with Crippen LogP contribution in [0.5, 0.6) is 0 Å². The van der Waals surface area contributed by atoms with Crippen LogP contribution in [0.15, 0.2) is 0 Å². The van der Waals surface area contributed by atoms with Crippen molar-refractivity contribution >= 4 is 0 Å². The third kappa shape index (κ3) is 0.892. The number of ether oxygens (including phenoxy) is 2. The summed E-state index contributed by atoms with van der Waals surface area (Å²) in [6.45, 7) is 0.911. The van der Waals surface area contributed by atoms with Crippen LogP contribution in [0.3, 0.4) is 0 Å². The van der Waals surface area contributed by atoms with Crippen LogP contribution in [-0.4, -0.2) is 41.4 Å². The summed E-state index contributed by atoms with van der Waals surface area (Å²) in [4.78, 5) is 0. The summed E-state index contributed by atoms with van der Waals surface area (Å²) < 4.78 is 10.7. The van der Waals surface area contributed by atoms with Crippen LogP contribution in [0.1, 0.15) is 12.8 Å². The van der Waals surface area contributed by atoms with E-state index >= 15 is 0 Å². The van der Waals surface area contributed by atoms with E-state index in [0.29, 0.717) is 18.9 Å². The van der Waals surface area contributed by atoms with Crippen molar-refractivity contribution < 1.29 is 19.7 Å². The fourth-order valence-electron chi connectivity index (χ4n) is 3.02. The predicted molar refractivity (Wildman–Crippen MR) is 42.9 cm³/mol. The highest BCUT2D eigenvalue weighted by Gasteiger charge is 2.62. The van der Waals surface area contributed by atoms with Crippen LogP contribution in [-0.2, 0) is 9.47 Å². The minimum Gasteiger partial charge on any atom is -0.390 e. The van der Waals surface area contributed by atoms with Gasteiger partial charge < -0.3 is 19.7 Å². The number of aliphatic hydroxyl groups excluding tert-OH is 1. The average molecular weight is 186 g/mol. The Bertz CT molecular complexity index is 232. The lowest BCUT2D eigenvalue weighted by Crippen LogP contribution is -2.46. The second kappa shape index (κ2) is 2.45. The SMILES string of the molecule is OC1C[C@@H]2CCOC3OC[C@@]1(O)[C@@H]32. The Kier molecular flexibility index (Phi) is 1.54. The summed E-state index contributed by atoms with van der Waals surface area (Å²) in [6.07, 6.45) is 0.726. The minimum atomic E-state index is -1.03. The van der Waals surface area contributed by atoms with Gasteiger partial charge >= 0.3 is 0 Å². The van der Waals surface area contributed by atoms with E-state index in [1.165, 1.54) is 0 Å². The molecule has 0 aromatic heterocycles. The van der Waals surface area contributed by atoms with E-state index in [1.807, 2.05) is 0 Å². The molecule has 3 rings (SSSR count). The predicted octanol–water partition coefficient (Wildman–Crippen LogP) is -0.509. The van der Waals surface area contributed by atoms with E-state index in [4.69, 9.17) is 9.47 Å². The summed E-state index contributed by atoms with van der Waals surface area (Å²) >= 11 is 0. The molecule has 74 valence electrons. The number of rotatable bonds is 0. The first kappa shape index (κ1) is 8.17. The van der Waals surface area contributed by atoms with Gasteiger partial charge in [0.15, 0.2) is 6.29 Å². The van der Waals surface area contributed by atoms with Gasteiger partial charge in [0.05, 0.1) is 19.3 Å². The van der Waals surface area contributed by atoms with E-state index in [0.717, 1.165) is 6.42 Å². The molecule has 4 nitrogen and oxygen atoms in total. The first-order chi connectivity index (χ1) is 6.22. The summed E-state index contributed by atoms with van der Waals surface area (Å²) in [5.74, 6) is 0.373. The van der Waals surface area contributed by atoms with Crippen LogP contribution in [0.4, 0.5) is 0 Å². The fraction of sp³-hybridized carbons (Fsp3) is 1.00. The lowest BCUT2D eigenvalue weighted by Gasteiger charge is -2.31. The molecule has 2 saturated heterocycles. The van der Waals surface area contributed by atoms with Crippen molar-refractivity contribution in [2.24, 2.45) is 11.8 Å². The number of hydrogen-bond acceptors (Lipinski definition) is 4. The fourth-order valence-corrected chi connectivity index (χ4v) is 3.02. The molecule has 4 heteroatoms. The molecular weight excluding hydrogens is 172 g/mol. The largest absolute Gasteiger partial charge is 0.390 e. The van der Waals surface area contributed by atoms with Crippen molar-refractivity contribution in [3.05, 3.63) is 0 Å². The van der Waals surface area contributed by atoms with Crippen molar-refractivity contribution in [2.45, 2.75) is 30.8 Å². The molecule has 0 aromatic rings. The molecule has 1 saturated carbocycles. The van der Waals surface area contributed by atoms with Gasteiger partial charge in [-0.15, -0.1) is 0 Å².